The summed E-state index contributed by atoms with van der Waals surface area (Å²) in [6.45, 7) is 17.2. The van der Waals surface area contributed by atoms with Crippen LogP contribution in [0.5, 0.6) is 0 Å². The number of likely N-dealkylation sites (tertiary alicyclic amines) is 1. The van der Waals surface area contributed by atoms with Gasteiger partial charge in [0.15, 0.2) is 0 Å². The van der Waals surface area contributed by atoms with Gasteiger partial charge in [-0.25, -0.2) is 0 Å². The fourth-order valence-electron chi connectivity index (χ4n) is 3.08. The van der Waals surface area contributed by atoms with Gasteiger partial charge in [-0.2, -0.15) is 0 Å². The second-order valence-corrected chi connectivity index (χ2v) is 6.87. The molecule has 1 fully saturated rings. The molecule has 0 aromatic carbocycles. The summed E-state index contributed by atoms with van der Waals surface area (Å²) in [6.07, 6.45) is 7.53. The third-order valence-electron chi connectivity index (χ3n) is 3.59. The Bertz CT molecular complexity index is 222. The lowest BCUT2D eigenvalue weighted by atomic mass is 9.75. The first-order valence-corrected chi connectivity index (χ1v) is 6.71. The molecule has 0 amide bonds. The predicted molar refractivity (Wildman–Crippen MR) is 72.7 cm³/mol. The van der Waals surface area contributed by atoms with Crippen LogP contribution in [0.1, 0.15) is 53.4 Å². The van der Waals surface area contributed by atoms with E-state index in [4.69, 9.17) is 0 Å². The Morgan fingerprint density at radius 3 is 2.12 bits per heavy atom. The van der Waals surface area contributed by atoms with Crippen molar-refractivity contribution in [3.63, 3.8) is 0 Å². The molecule has 0 atom stereocenters. The van der Waals surface area contributed by atoms with Gasteiger partial charge in [0, 0.05) is 6.54 Å². The molecular formula is C15H29N. The van der Waals surface area contributed by atoms with Gasteiger partial charge in [-0.1, -0.05) is 40.2 Å². The molecule has 1 heterocycles. The molecule has 1 aliphatic heterocycles. The van der Waals surface area contributed by atoms with E-state index < -0.39 is 0 Å². The third-order valence-corrected chi connectivity index (χ3v) is 3.59. The lowest BCUT2D eigenvalue weighted by Gasteiger charge is -2.38. The Hall–Kier alpha value is -0.300. The molecule has 0 radical (unpaired) electrons. The van der Waals surface area contributed by atoms with E-state index in [2.05, 4.69) is 45.2 Å². The molecule has 1 heteroatoms. The first-order valence-electron chi connectivity index (χ1n) is 6.71. The predicted octanol–water partition coefficient (Wildman–Crippen LogP) is 4.10. The zero-order valence-corrected chi connectivity index (χ0v) is 11.7. The molecule has 1 rings (SSSR count). The first-order chi connectivity index (χ1) is 7.35. The van der Waals surface area contributed by atoms with E-state index in [9.17, 15) is 0 Å². The minimum Gasteiger partial charge on any atom is -0.303 e. The van der Waals surface area contributed by atoms with Crippen molar-refractivity contribution in [2.75, 3.05) is 19.6 Å². The van der Waals surface area contributed by atoms with Gasteiger partial charge in [-0.15, -0.1) is 6.58 Å². The van der Waals surface area contributed by atoms with Gasteiger partial charge in [0.05, 0.1) is 0 Å². The topological polar surface area (TPSA) is 3.24 Å². The second kappa shape index (κ2) is 5.35. The summed E-state index contributed by atoms with van der Waals surface area (Å²) in [6, 6.07) is 0. The van der Waals surface area contributed by atoms with E-state index >= 15 is 0 Å². The van der Waals surface area contributed by atoms with Gasteiger partial charge in [0.2, 0.25) is 0 Å². The number of rotatable bonds is 5. The molecule has 1 saturated heterocycles. The average Bonchev–Trinajstić information content (AvgIpc) is 2.17. The molecule has 0 N–H and O–H groups in total. The summed E-state index contributed by atoms with van der Waals surface area (Å²) in [5.41, 5.74) is 0.661. The van der Waals surface area contributed by atoms with Crippen LogP contribution in [0.3, 0.4) is 0 Å². The summed E-state index contributed by atoms with van der Waals surface area (Å²) in [5.74, 6) is 0. The third kappa shape index (κ3) is 4.69. The normalized spacial score (nSPS) is 19.8. The highest BCUT2D eigenvalue weighted by atomic mass is 15.1. The van der Waals surface area contributed by atoms with Crippen molar-refractivity contribution in [2.24, 2.45) is 10.8 Å². The molecule has 16 heavy (non-hydrogen) atoms. The Kier molecular flexibility index (Phi) is 4.61. The lowest BCUT2D eigenvalue weighted by molar-refractivity contribution is 0.122. The molecule has 1 aliphatic rings. The molecule has 0 spiro atoms. The van der Waals surface area contributed by atoms with Crippen molar-refractivity contribution >= 4 is 0 Å². The van der Waals surface area contributed by atoms with Crippen LogP contribution in [0.2, 0.25) is 0 Å². The van der Waals surface area contributed by atoms with Crippen molar-refractivity contribution in [2.45, 2.75) is 53.4 Å². The molecule has 0 bridgehead atoms. The van der Waals surface area contributed by atoms with Crippen molar-refractivity contribution in [1.29, 1.82) is 0 Å². The molecule has 0 aromatic heterocycles. The monoisotopic (exact) mass is 223 g/mol. The van der Waals surface area contributed by atoms with Gasteiger partial charge in [0.25, 0.3) is 0 Å². The zero-order valence-electron chi connectivity index (χ0n) is 11.7. The summed E-state index contributed by atoms with van der Waals surface area (Å²) in [4.78, 5) is 2.64. The standard InChI is InChI=1S/C15H29N/c1-6-14(2,3)12-15(4,5)13-16-10-8-7-9-11-16/h6H,1,7-13H2,2-5H3. The van der Waals surface area contributed by atoms with E-state index in [0.29, 0.717) is 5.41 Å². The maximum absolute atomic E-state index is 3.95. The molecule has 0 unspecified atom stereocenters. The Balaban J connectivity index is 2.46. The van der Waals surface area contributed by atoms with Crippen molar-refractivity contribution in [3.05, 3.63) is 12.7 Å². The van der Waals surface area contributed by atoms with Gasteiger partial charge >= 0.3 is 0 Å². The Labute approximate surface area is 102 Å². The number of hydrogen-bond acceptors (Lipinski definition) is 1. The van der Waals surface area contributed by atoms with Crippen molar-refractivity contribution in [1.82, 2.24) is 4.90 Å². The van der Waals surface area contributed by atoms with Crippen LogP contribution in [0.15, 0.2) is 12.7 Å². The average molecular weight is 223 g/mol. The minimum absolute atomic E-state index is 0.263. The summed E-state index contributed by atoms with van der Waals surface area (Å²) >= 11 is 0. The minimum atomic E-state index is 0.263. The van der Waals surface area contributed by atoms with Crippen LogP contribution < -0.4 is 0 Å². The van der Waals surface area contributed by atoms with Crippen molar-refractivity contribution in [3.8, 4) is 0 Å². The van der Waals surface area contributed by atoms with Crippen LogP contribution >= 0.6 is 0 Å². The maximum Gasteiger partial charge on any atom is 0.00330 e. The highest BCUT2D eigenvalue weighted by molar-refractivity contribution is 4.92. The van der Waals surface area contributed by atoms with E-state index in [1.807, 2.05) is 0 Å². The highest BCUT2D eigenvalue weighted by Gasteiger charge is 2.28. The summed E-state index contributed by atoms with van der Waals surface area (Å²) in [7, 11) is 0. The van der Waals surface area contributed by atoms with Gasteiger partial charge in [-0.3, -0.25) is 0 Å². The molecule has 0 aromatic rings. The van der Waals surface area contributed by atoms with Crippen LogP contribution in [0, 0.1) is 10.8 Å². The largest absolute Gasteiger partial charge is 0.303 e. The smallest absolute Gasteiger partial charge is 0.00330 e. The zero-order chi connectivity index (χ0) is 12.2. The number of allylic oxidation sites excluding steroid dienone is 1. The van der Waals surface area contributed by atoms with Crippen LogP contribution in [-0.4, -0.2) is 24.5 Å². The maximum atomic E-state index is 3.95. The SMILES string of the molecule is C=CC(C)(C)CC(C)(C)CN1CCCCC1. The van der Waals surface area contributed by atoms with Crippen LogP contribution in [0.25, 0.3) is 0 Å². The van der Waals surface area contributed by atoms with E-state index in [1.54, 1.807) is 0 Å². The van der Waals surface area contributed by atoms with Gasteiger partial charge < -0.3 is 4.90 Å². The number of piperidine rings is 1. The molecule has 94 valence electrons. The quantitative estimate of drug-likeness (QED) is 0.634. The summed E-state index contributed by atoms with van der Waals surface area (Å²) in [5, 5.41) is 0. The molecular weight excluding hydrogens is 194 g/mol. The van der Waals surface area contributed by atoms with E-state index in [1.165, 1.54) is 45.3 Å². The van der Waals surface area contributed by atoms with Gasteiger partial charge in [0.1, 0.15) is 0 Å². The van der Waals surface area contributed by atoms with Crippen LogP contribution in [-0.2, 0) is 0 Å². The first kappa shape index (κ1) is 13.8. The molecule has 0 saturated carbocycles. The number of hydrogen-bond donors (Lipinski definition) is 0. The van der Waals surface area contributed by atoms with E-state index in [0.717, 1.165) is 0 Å². The number of nitrogens with zero attached hydrogens (tertiary/aromatic N) is 1. The molecule has 1 nitrogen and oxygen atoms in total. The molecule has 0 aliphatic carbocycles. The van der Waals surface area contributed by atoms with Gasteiger partial charge in [-0.05, 0) is 43.2 Å². The summed E-state index contributed by atoms with van der Waals surface area (Å²) < 4.78 is 0. The second-order valence-electron chi connectivity index (χ2n) is 6.87. The fourth-order valence-corrected chi connectivity index (χ4v) is 3.08. The highest BCUT2D eigenvalue weighted by Crippen LogP contribution is 2.35. The van der Waals surface area contributed by atoms with Crippen LogP contribution in [0.4, 0.5) is 0 Å². The lowest BCUT2D eigenvalue weighted by Crippen LogP contribution is -2.39. The van der Waals surface area contributed by atoms with E-state index in [-0.39, 0.29) is 5.41 Å². The Morgan fingerprint density at radius 1 is 1.06 bits per heavy atom. The van der Waals surface area contributed by atoms with Crippen molar-refractivity contribution < 1.29 is 0 Å². The Morgan fingerprint density at radius 2 is 1.62 bits per heavy atom. The fraction of sp³-hybridized carbons (Fsp3) is 0.867.